The van der Waals surface area contributed by atoms with Gasteiger partial charge in [-0.3, -0.25) is 4.99 Å². The van der Waals surface area contributed by atoms with Crippen LogP contribution in [-0.4, -0.2) is 34.9 Å². The Morgan fingerprint density at radius 1 is 1.19 bits per heavy atom. The van der Waals surface area contributed by atoms with Crippen LogP contribution in [0.25, 0.3) is 11.3 Å². The van der Waals surface area contributed by atoms with E-state index in [0.29, 0.717) is 19.0 Å². The second-order valence-electron chi connectivity index (χ2n) is 6.00. The molecule has 0 unspecified atom stereocenters. The maximum Gasteiger partial charge on any atom is 0.194 e. The normalized spacial score (nSPS) is 11.0. The summed E-state index contributed by atoms with van der Waals surface area (Å²) in [4.78, 5) is 13.9. The van der Waals surface area contributed by atoms with Gasteiger partial charge in [0.25, 0.3) is 0 Å². The van der Waals surface area contributed by atoms with Gasteiger partial charge in [0.1, 0.15) is 11.6 Å². The molecule has 0 aliphatic heterocycles. The Bertz CT molecular complexity index is 879. The molecular weight excluding hydrogens is 456 g/mol. The van der Waals surface area contributed by atoms with Gasteiger partial charge in [-0.05, 0) is 23.3 Å². The first kappa shape index (κ1) is 20.9. The molecule has 0 spiro atoms. The minimum atomic E-state index is -0.233. The molecule has 0 amide bonds. The van der Waals surface area contributed by atoms with Crippen molar-refractivity contribution in [2.24, 2.45) is 4.99 Å². The van der Waals surface area contributed by atoms with Crippen LogP contribution < -0.4 is 5.32 Å². The topological polar surface area (TPSA) is 56.3 Å². The summed E-state index contributed by atoms with van der Waals surface area (Å²) in [5.41, 5.74) is 2.96. The molecule has 0 fully saturated rings. The second-order valence-corrected chi connectivity index (χ2v) is 6.00. The molecule has 0 aliphatic rings. The second kappa shape index (κ2) is 10.1. The summed E-state index contributed by atoms with van der Waals surface area (Å²) >= 11 is 0. The summed E-state index contributed by atoms with van der Waals surface area (Å²) in [6.45, 7) is 1.08. The van der Waals surface area contributed by atoms with Crippen LogP contribution in [0.4, 0.5) is 4.39 Å². The third kappa shape index (κ3) is 5.78. The number of H-pyrrole nitrogens is 1. The van der Waals surface area contributed by atoms with Crippen molar-refractivity contribution in [2.75, 3.05) is 14.1 Å². The fourth-order valence-corrected chi connectivity index (χ4v) is 2.75. The molecule has 142 valence electrons. The zero-order chi connectivity index (χ0) is 18.4. The quantitative estimate of drug-likeness (QED) is 0.330. The number of aromatic nitrogens is 2. The van der Waals surface area contributed by atoms with Crippen molar-refractivity contribution in [2.45, 2.75) is 13.1 Å². The SMILES string of the molecule is CN=C(NCc1ncc(-c2ccccc2)[nH]1)N(C)Cc1cccc(F)c1.I. The van der Waals surface area contributed by atoms with Crippen molar-refractivity contribution in [3.63, 3.8) is 0 Å². The van der Waals surface area contributed by atoms with Gasteiger partial charge in [-0.1, -0.05) is 42.5 Å². The van der Waals surface area contributed by atoms with E-state index in [1.165, 1.54) is 12.1 Å². The highest BCUT2D eigenvalue weighted by Gasteiger charge is 2.09. The Morgan fingerprint density at radius 3 is 2.67 bits per heavy atom. The molecule has 3 aromatic rings. The number of hydrogen-bond acceptors (Lipinski definition) is 2. The van der Waals surface area contributed by atoms with Gasteiger partial charge < -0.3 is 15.2 Å². The van der Waals surface area contributed by atoms with E-state index in [1.54, 1.807) is 13.1 Å². The van der Waals surface area contributed by atoms with E-state index in [9.17, 15) is 4.39 Å². The predicted molar refractivity (Wildman–Crippen MR) is 118 cm³/mol. The summed E-state index contributed by atoms with van der Waals surface area (Å²) in [7, 11) is 3.64. The molecule has 7 heteroatoms. The molecule has 2 N–H and O–H groups in total. The third-order valence-corrected chi connectivity index (χ3v) is 4.01. The maximum atomic E-state index is 13.3. The number of aromatic amines is 1. The molecule has 5 nitrogen and oxygen atoms in total. The van der Waals surface area contributed by atoms with Gasteiger partial charge in [0, 0.05) is 20.6 Å². The van der Waals surface area contributed by atoms with Crippen molar-refractivity contribution in [1.29, 1.82) is 0 Å². The van der Waals surface area contributed by atoms with Crippen LogP contribution in [0.3, 0.4) is 0 Å². The fraction of sp³-hybridized carbons (Fsp3) is 0.200. The molecule has 2 aromatic carbocycles. The predicted octanol–water partition coefficient (Wildman–Crippen LogP) is 4.04. The molecule has 0 aliphatic carbocycles. The number of guanidine groups is 1. The minimum Gasteiger partial charge on any atom is -0.349 e. The Kier molecular flexibility index (Phi) is 7.78. The van der Waals surface area contributed by atoms with Crippen LogP contribution >= 0.6 is 24.0 Å². The lowest BCUT2D eigenvalue weighted by molar-refractivity contribution is 0.473. The number of nitrogens with one attached hydrogen (secondary N) is 2. The lowest BCUT2D eigenvalue weighted by Crippen LogP contribution is -2.38. The molecule has 3 rings (SSSR count). The van der Waals surface area contributed by atoms with Gasteiger partial charge in [0.2, 0.25) is 0 Å². The summed E-state index contributed by atoms with van der Waals surface area (Å²) < 4.78 is 13.3. The summed E-state index contributed by atoms with van der Waals surface area (Å²) in [6, 6.07) is 16.6. The van der Waals surface area contributed by atoms with Crippen LogP contribution in [0.5, 0.6) is 0 Å². The maximum absolute atomic E-state index is 13.3. The first-order valence-corrected chi connectivity index (χ1v) is 8.41. The van der Waals surface area contributed by atoms with E-state index < -0.39 is 0 Å². The molecule has 0 radical (unpaired) electrons. The van der Waals surface area contributed by atoms with E-state index in [0.717, 1.165) is 22.6 Å². The Hall–Kier alpha value is -2.42. The lowest BCUT2D eigenvalue weighted by Gasteiger charge is -2.21. The van der Waals surface area contributed by atoms with Gasteiger partial charge >= 0.3 is 0 Å². The number of halogens is 2. The molecule has 27 heavy (non-hydrogen) atoms. The highest BCUT2D eigenvalue weighted by molar-refractivity contribution is 14.0. The summed E-state index contributed by atoms with van der Waals surface area (Å²) in [5.74, 6) is 1.30. The van der Waals surface area contributed by atoms with Crippen LogP contribution in [-0.2, 0) is 13.1 Å². The average molecular weight is 479 g/mol. The highest BCUT2D eigenvalue weighted by Crippen LogP contribution is 2.16. The number of benzene rings is 2. The van der Waals surface area contributed by atoms with Crippen LogP contribution in [0.15, 0.2) is 65.8 Å². The first-order valence-electron chi connectivity index (χ1n) is 8.41. The Balaban J connectivity index is 0.00000261. The van der Waals surface area contributed by atoms with E-state index in [-0.39, 0.29) is 29.8 Å². The van der Waals surface area contributed by atoms with Crippen molar-refractivity contribution in [3.8, 4) is 11.3 Å². The first-order chi connectivity index (χ1) is 12.7. The van der Waals surface area contributed by atoms with Crippen LogP contribution in [0.2, 0.25) is 0 Å². The largest absolute Gasteiger partial charge is 0.349 e. The van der Waals surface area contributed by atoms with E-state index in [2.05, 4.69) is 20.3 Å². The number of aliphatic imine (C=N–C) groups is 1. The number of rotatable bonds is 5. The smallest absolute Gasteiger partial charge is 0.194 e. The number of hydrogen-bond donors (Lipinski definition) is 2. The van der Waals surface area contributed by atoms with Crippen LogP contribution in [0, 0.1) is 5.82 Å². The van der Waals surface area contributed by atoms with Crippen molar-refractivity contribution in [1.82, 2.24) is 20.2 Å². The minimum absolute atomic E-state index is 0. The fourth-order valence-electron chi connectivity index (χ4n) is 2.75. The molecule has 0 atom stereocenters. The molecule has 1 heterocycles. The van der Waals surface area contributed by atoms with Crippen molar-refractivity contribution >= 4 is 29.9 Å². The standard InChI is InChI=1S/C20H22FN5.HI/c1-22-20(26(2)14-15-7-6-10-17(21)11-15)24-13-19-23-12-18(25-19)16-8-4-3-5-9-16;/h3-12H,13-14H2,1-2H3,(H,22,24)(H,23,25);1H. The van der Waals surface area contributed by atoms with E-state index in [1.807, 2.05) is 54.5 Å². The van der Waals surface area contributed by atoms with Gasteiger partial charge in [0.15, 0.2) is 5.96 Å². The van der Waals surface area contributed by atoms with Gasteiger partial charge in [-0.2, -0.15) is 0 Å². The van der Waals surface area contributed by atoms with E-state index in [4.69, 9.17) is 0 Å². The Labute approximate surface area is 175 Å². The van der Waals surface area contributed by atoms with Crippen molar-refractivity contribution < 1.29 is 4.39 Å². The molecule has 0 saturated heterocycles. The van der Waals surface area contributed by atoms with Gasteiger partial charge in [0.05, 0.1) is 18.4 Å². The average Bonchev–Trinajstić information content (AvgIpc) is 3.12. The highest BCUT2D eigenvalue weighted by atomic mass is 127. The van der Waals surface area contributed by atoms with Gasteiger partial charge in [-0.25, -0.2) is 9.37 Å². The zero-order valence-electron chi connectivity index (χ0n) is 15.3. The zero-order valence-corrected chi connectivity index (χ0v) is 17.6. The lowest BCUT2D eigenvalue weighted by atomic mass is 10.2. The molecular formula is C20H23FIN5. The summed E-state index contributed by atoms with van der Waals surface area (Å²) in [6.07, 6.45) is 1.82. The van der Waals surface area contributed by atoms with Crippen LogP contribution in [0.1, 0.15) is 11.4 Å². The third-order valence-electron chi connectivity index (χ3n) is 4.01. The molecule has 0 saturated carbocycles. The number of nitrogens with zero attached hydrogens (tertiary/aromatic N) is 3. The van der Waals surface area contributed by atoms with Gasteiger partial charge in [-0.15, -0.1) is 24.0 Å². The monoisotopic (exact) mass is 479 g/mol. The molecule has 0 bridgehead atoms. The van der Waals surface area contributed by atoms with E-state index >= 15 is 0 Å². The molecule has 1 aromatic heterocycles. The number of imidazole rings is 1. The van der Waals surface area contributed by atoms with Crippen molar-refractivity contribution in [3.05, 3.63) is 78.0 Å². The summed E-state index contributed by atoms with van der Waals surface area (Å²) in [5, 5.41) is 3.27. The Morgan fingerprint density at radius 2 is 1.96 bits per heavy atom.